The third-order valence-corrected chi connectivity index (χ3v) is 1.49. The number of aliphatic carboxylic acids is 1. The lowest BCUT2D eigenvalue weighted by Gasteiger charge is -2.15. The zero-order valence-corrected chi connectivity index (χ0v) is 4.92. The Balaban J connectivity index is 2.61. The summed E-state index contributed by atoms with van der Waals surface area (Å²) in [6, 6.07) is 0. The van der Waals surface area contributed by atoms with Crippen LogP contribution in [0.3, 0.4) is 0 Å². The number of rotatable bonds is 1. The van der Waals surface area contributed by atoms with Gasteiger partial charge in [0.15, 0.2) is 0 Å². The fraction of sp³-hybridized carbons (Fsp3) is 0.800. The molecular formula is C5H9NO3. The van der Waals surface area contributed by atoms with Gasteiger partial charge in [0.05, 0.1) is 0 Å². The smallest absolute Gasteiger partial charge is 0.351 e. The van der Waals surface area contributed by atoms with E-state index in [9.17, 15) is 4.79 Å². The highest BCUT2D eigenvalue weighted by Gasteiger charge is 2.38. The van der Waals surface area contributed by atoms with Crippen LogP contribution in [0.5, 0.6) is 0 Å². The van der Waals surface area contributed by atoms with Crippen molar-refractivity contribution in [2.24, 2.45) is 0 Å². The Morgan fingerprint density at radius 3 is 2.56 bits per heavy atom. The summed E-state index contributed by atoms with van der Waals surface area (Å²) >= 11 is 0. The summed E-state index contributed by atoms with van der Waals surface area (Å²) in [6.45, 7) is 0.586. The first kappa shape index (κ1) is 6.51. The summed E-state index contributed by atoms with van der Waals surface area (Å²) in [4.78, 5) is 10.2. The summed E-state index contributed by atoms with van der Waals surface area (Å²) in [5, 5.41) is 19.9. The molecule has 0 bridgehead atoms. The average molecular weight is 131 g/mol. The van der Waals surface area contributed by atoms with Gasteiger partial charge in [0, 0.05) is 6.42 Å². The molecule has 52 valence electrons. The van der Waals surface area contributed by atoms with Gasteiger partial charge in [-0.2, -0.15) is 0 Å². The van der Waals surface area contributed by atoms with Gasteiger partial charge in [-0.1, -0.05) is 0 Å². The number of carboxylic acid groups (broad SMARTS) is 1. The number of carboxylic acids is 1. The Kier molecular flexibility index (Phi) is 1.42. The van der Waals surface area contributed by atoms with Gasteiger partial charge in [0.2, 0.25) is 5.72 Å². The Labute approximate surface area is 52.5 Å². The van der Waals surface area contributed by atoms with Crippen LogP contribution < -0.4 is 5.32 Å². The maximum atomic E-state index is 10.2. The molecule has 1 atom stereocenters. The number of hydrogen-bond donors (Lipinski definition) is 3. The molecule has 0 aromatic carbocycles. The maximum Gasteiger partial charge on any atom is 0.351 e. The van der Waals surface area contributed by atoms with Crippen molar-refractivity contribution in [1.82, 2.24) is 5.32 Å². The molecule has 4 heteroatoms. The molecule has 0 radical (unpaired) electrons. The lowest BCUT2D eigenvalue weighted by atomic mass is 10.2. The first-order valence-corrected chi connectivity index (χ1v) is 2.86. The second kappa shape index (κ2) is 1.97. The van der Waals surface area contributed by atoms with Gasteiger partial charge in [-0.25, -0.2) is 4.79 Å². The van der Waals surface area contributed by atoms with Crippen LogP contribution in [0.25, 0.3) is 0 Å². The standard InChI is InChI=1S/C5H9NO3/c7-4(8)5(9)2-1-3-6-5/h6,9H,1-3H2,(H,7,8)/t5-/m0/s1. The first-order chi connectivity index (χ1) is 4.15. The maximum absolute atomic E-state index is 10.2. The van der Waals surface area contributed by atoms with Gasteiger partial charge in [-0.05, 0) is 13.0 Å². The number of carbonyl (C=O) groups is 1. The second-order valence-electron chi connectivity index (χ2n) is 2.20. The topological polar surface area (TPSA) is 69.6 Å². The third-order valence-electron chi connectivity index (χ3n) is 1.49. The van der Waals surface area contributed by atoms with Crippen LogP contribution >= 0.6 is 0 Å². The molecule has 9 heavy (non-hydrogen) atoms. The molecule has 1 fully saturated rings. The quantitative estimate of drug-likeness (QED) is 0.433. The largest absolute Gasteiger partial charge is 0.478 e. The minimum absolute atomic E-state index is 0.308. The zero-order valence-electron chi connectivity index (χ0n) is 4.92. The molecule has 1 saturated heterocycles. The molecule has 0 spiro atoms. The Morgan fingerprint density at radius 2 is 2.33 bits per heavy atom. The predicted octanol–water partition coefficient (Wildman–Crippen LogP) is -0.857. The van der Waals surface area contributed by atoms with E-state index in [0.717, 1.165) is 6.42 Å². The lowest BCUT2D eigenvalue weighted by molar-refractivity contribution is -0.160. The zero-order chi connectivity index (χ0) is 6.91. The van der Waals surface area contributed by atoms with Crippen molar-refractivity contribution >= 4 is 5.97 Å². The molecular weight excluding hydrogens is 122 g/mol. The Bertz CT molecular complexity index is 128. The van der Waals surface area contributed by atoms with Crippen LogP contribution in [0.15, 0.2) is 0 Å². The van der Waals surface area contributed by atoms with E-state index in [1.165, 1.54) is 0 Å². The molecule has 4 nitrogen and oxygen atoms in total. The summed E-state index contributed by atoms with van der Waals surface area (Å²) < 4.78 is 0. The molecule has 0 saturated carbocycles. The van der Waals surface area contributed by atoms with E-state index < -0.39 is 11.7 Å². The van der Waals surface area contributed by atoms with Crippen LogP contribution in [-0.4, -0.2) is 28.5 Å². The van der Waals surface area contributed by atoms with Crippen LogP contribution in [0, 0.1) is 0 Å². The SMILES string of the molecule is O=C(O)[C@@]1(O)CCCN1. The van der Waals surface area contributed by atoms with Crippen molar-refractivity contribution in [1.29, 1.82) is 0 Å². The monoisotopic (exact) mass is 131 g/mol. The van der Waals surface area contributed by atoms with Crippen molar-refractivity contribution in [3.8, 4) is 0 Å². The van der Waals surface area contributed by atoms with E-state index in [-0.39, 0.29) is 0 Å². The summed E-state index contributed by atoms with van der Waals surface area (Å²) in [7, 11) is 0. The first-order valence-electron chi connectivity index (χ1n) is 2.86. The molecule has 1 aliphatic rings. The van der Waals surface area contributed by atoms with Gasteiger partial charge < -0.3 is 10.2 Å². The highest BCUT2D eigenvalue weighted by Crippen LogP contribution is 2.14. The second-order valence-corrected chi connectivity index (χ2v) is 2.20. The minimum atomic E-state index is -1.64. The van der Waals surface area contributed by atoms with Crippen LogP contribution in [0.4, 0.5) is 0 Å². The molecule has 0 amide bonds. The Morgan fingerprint density at radius 1 is 1.67 bits per heavy atom. The van der Waals surface area contributed by atoms with E-state index in [4.69, 9.17) is 10.2 Å². The van der Waals surface area contributed by atoms with Gasteiger partial charge in [-0.3, -0.25) is 5.32 Å². The number of nitrogens with one attached hydrogen (secondary N) is 1. The molecule has 0 aromatic rings. The fourth-order valence-corrected chi connectivity index (χ4v) is 0.910. The highest BCUT2D eigenvalue weighted by molar-refractivity contribution is 5.76. The van der Waals surface area contributed by atoms with Crippen molar-refractivity contribution in [2.75, 3.05) is 6.54 Å². The highest BCUT2D eigenvalue weighted by atomic mass is 16.4. The summed E-state index contributed by atoms with van der Waals surface area (Å²) in [5.41, 5.74) is -1.64. The molecule has 0 aromatic heterocycles. The van der Waals surface area contributed by atoms with E-state index >= 15 is 0 Å². The summed E-state index contributed by atoms with van der Waals surface area (Å²) in [5.74, 6) is -1.18. The molecule has 1 rings (SSSR count). The number of hydrogen-bond acceptors (Lipinski definition) is 3. The van der Waals surface area contributed by atoms with Gasteiger partial charge in [0.1, 0.15) is 0 Å². The van der Waals surface area contributed by atoms with Crippen LogP contribution in [0.1, 0.15) is 12.8 Å². The molecule has 3 N–H and O–H groups in total. The Hall–Kier alpha value is -0.610. The molecule has 1 heterocycles. The van der Waals surface area contributed by atoms with Crippen molar-refractivity contribution in [3.63, 3.8) is 0 Å². The fourth-order valence-electron chi connectivity index (χ4n) is 0.910. The normalized spacial score (nSPS) is 34.8. The number of aliphatic hydroxyl groups is 1. The summed E-state index contributed by atoms with van der Waals surface area (Å²) in [6.07, 6.45) is 1.03. The van der Waals surface area contributed by atoms with Crippen molar-refractivity contribution < 1.29 is 15.0 Å². The lowest BCUT2D eigenvalue weighted by Crippen LogP contribution is -2.47. The third kappa shape index (κ3) is 1.04. The van der Waals surface area contributed by atoms with E-state index in [0.29, 0.717) is 13.0 Å². The minimum Gasteiger partial charge on any atom is -0.478 e. The van der Waals surface area contributed by atoms with Crippen LogP contribution in [0.2, 0.25) is 0 Å². The van der Waals surface area contributed by atoms with Crippen LogP contribution in [-0.2, 0) is 4.79 Å². The van der Waals surface area contributed by atoms with Gasteiger partial charge in [-0.15, -0.1) is 0 Å². The predicted molar refractivity (Wildman–Crippen MR) is 29.8 cm³/mol. The average Bonchev–Trinajstić information content (AvgIpc) is 2.16. The molecule has 0 aliphatic carbocycles. The van der Waals surface area contributed by atoms with E-state index in [1.807, 2.05) is 0 Å². The molecule has 1 aliphatic heterocycles. The molecule has 0 unspecified atom stereocenters. The van der Waals surface area contributed by atoms with E-state index in [2.05, 4.69) is 5.32 Å². The van der Waals surface area contributed by atoms with Gasteiger partial charge in [0.25, 0.3) is 0 Å². The van der Waals surface area contributed by atoms with Crippen molar-refractivity contribution in [3.05, 3.63) is 0 Å². The van der Waals surface area contributed by atoms with Gasteiger partial charge >= 0.3 is 5.97 Å². The van der Waals surface area contributed by atoms with Crippen molar-refractivity contribution in [2.45, 2.75) is 18.6 Å². The van der Waals surface area contributed by atoms with E-state index in [1.54, 1.807) is 0 Å².